The van der Waals surface area contributed by atoms with E-state index < -0.39 is 0 Å². The zero-order chi connectivity index (χ0) is 24.4. The van der Waals surface area contributed by atoms with E-state index in [-0.39, 0.29) is 29.9 Å². The maximum atomic E-state index is 13.4. The second kappa shape index (κ2) is 7.71. The van der Waals surface area contributed by atoms with Gasteiger partial charge in [-0.15, -0.1) is 0 Å². The molecule has 1 aromatic heterocycles. The topological polar surface area (TPSA) is 66.8 Å². The van der Waals surface area contributed by atoms with Gasteiger partial charge in [-0.3, -0.25) is 9.59 Å². The number of carbonyl (C=O) groups is 2. The van der Waals surface area contributed by atoms with Crippen LogP contribution in [0.1, 0.15) is 39.4 Å². The summed E-state index contributed by atoms with van der Waals surface area (Å²) in [6.45, 7) is 0.352. The molecule has 3 aliphatic heterocycles. The van der Waals surface area contributed by atoms with Crippen LogP contribution in [0.2, 0.25) is 0 Å². The molecule has 3 aromatic carbocycles. The van der Waals surface area contributed by atoms with Crippen LogP contribution in [0.4, 0.5) is 0 Å². The molecule has 0 amide bonds. The summed E-state index contributed by atoms with van der Waals surface area (Å²) in [4.78, 5) is 25.9. The monoisotopic (exact) mass is 475 g/mol. The molecule has 4 heterocycles. The summed E-state index contributed by atoms with van der Waals surface area (Å²) in [6, 6.07) is 19.2. The Balaban J connectivity index is 1.33. The highest BCUT2D eigenvalue weighted by Gasteiger charge is 2.39. The van der Waals surface area contributed by atoms with E-state index in [0.717, 1.165) is 38.9 Å². The first-order valence-corrected chi connectivity index (χ1v) is 11.8. The molecule has 36 heavy (non-hydrogen) atoms. The van der Waals surface area contributed by atoms with Gasteiger partial charge in [-0.2, -0.15) is 0 Å². The van der Waals surface area contributed by atoms with Crippen molar-refractivity contribution in [3.05, 3.63) is 100 Å². The third-order valence-electron chi connectivity index (χ3n) is 7.10. The van der Waals surface area contributed by atoms with Crippen LogP contribution in [0, 0.1) is 0 Å². The SMILES string of the molecule is Cn1cc(/C=C2\Oc3c(ccc4c3C(C3=Cc5ccccc5OC3)CC(=O)O4)C2=O)c2ccccc21. The number of Topliss-reactive ketones (excluding diaryl/α,β-unsaturated/α-hetero) is 1. The largest absolute Gasteiger partial charge is 0.489 e. The van der Waals surface area contributed by atoms with Gasteiger partial charge in [-0.1, -0.05) is 36.4 Å². The van der Waals surface area contributed by atoms with Gasteiger partial charge in [0.2, 0.25) is 5.78 Å². The van der Waals surface area contributed by atoms with Crippen molar-refractivity contribution in [2.24, 2.45) is 7.05 Å². The number of rotatable bonds is 2. The molecule has 0 saturated carbocycles. The third kappa shape index (κ3) is 3.11. The molecule has 0 radical (unpaired) electrons. The molecule has 1 unspecified atom stereocenters. The number of aryl methyl sites for hydroxylation is 1. The molecule has 6 nitrogen and oxygen atoms in total. The Bertz CT molecular complexity index is 1670. The Morgan fingerprint density at radius 3 is 2.69 bits per heavy atom. The Hall–Kier alpha value is -4.58. The first-order valence-electron chi connectivity index (χ1n) is 11.8. The van der Waals surface area contributed by atoms with Crippen molar-refractivity contribution in [2.75, 3.05) is 6.61 Å². The van der Waals surface area contributed by atoms with E-state index in [1.54, 1.807) is 18.2 Å². The number of esters is 1. The van der Waals surface area contributed by atoms with E-state index in [1.165, 1.54) is 0 Å². The highest BCUT2D eigenvalue weighted by Crippen LogP contribution is 2.50. The fourth-order valence-corrected chi connectivity index (χ4v) is 5.39. The van der Waals surface area contributed by atoms with E-state index in [2.05, 4.69) is 6.08 Å². The molecule has 0 aliphatic carbocycles. The summed E-state index contributed by atoms with van der Waals surface area (Å²) in [5, 5.41) is 1.04. The van der Waals surface area contributed by atoms with Crippen molar-refractivity contribution in [1.82, 2.24) is 4.57 Å². The summed E-state index contributed by atoms with van der Waals surface area (Å²) in [5.74, 6) is 1.14. The zero-order valence-electron chi connectivity index (χ0n) is 19.5. The molecule has 0 fully saturated rings. The Labute approximate surface area is 207 Å². The van der Waals surface area contributed by atoms with E-state index in [1.807, 2.05) is 66.3 Å². The first kappa shape index (κ1) is 20.8. The van der Waals surface area contributed by atoms with Crippen molar-refractivity contribution >= 4 is 34.8 Å². The maximum Gasteiger partial charge on any atom is 0.312 e. The van der Waals surface area contributed by atoms with Gasteiger partial charge in [0.1, 0.15) is 23.9 Å². The van der Waals surface area contributed by atoms with Crippen LogP contribution >= 0.6 is 0 Å². The Morgan fingerprint density at radius 2 is 1.78 bits per heavy atom. The van der Waals surface area contributed by atoms with Crippen LogP contribution in [0.15, 0.2) is 78.2 Å². The fraction of sp³-hybridized carbons (Fsp3) is 0.133. The first-order chi connectivity index (χ1) is 17.6. The van der Waals surface area contributed by atoms with E-state index in [4.69, 9.17) is 14.2 Å². The van der Waals surface area contributed by atoms with Gasteiger partial charge in [0.25, 0.3) is 0 Å². The molecule has 176 valence electrons. The average molecular weight is 476 g/mol. The number of ether oxygens (including phenoxy) is 3. The lowest BCUT2D eigenvalue weighted by molar-refractivity contribution is -0.135. The number of allylic oxidation sites excluding steroid dienone is 1. The predicted octanol–water partition coefficient (Wildman–Crippen LogP) is 5.66. The number of aromatic nitrogens is 1. The van der Waals surface area contributed by atoms with Crippen molar-refractivity contribution in [2.45, 2.75) is 12.3 Å². The summed E-state index contributed by atoms with van der Waals surface area (Å²) in [6.07, 6.45) is 5.99. The van der Waals surface area contributed by atoms with Gasteiger partial charge >= 0.3 is 5.97 Å². The molecular formula is C30H21NO5. The minimum Gasteiger partial charge on any atom is -0.489 e. The average Bonchev–Trinajstić information content (AvgIpc) is 3.39. The number of benzene rings is 3. The Morgan fingerprint density at radius 1 is 0.944 bits per heavy atom. The lowest BCUT2D eigenvalue weighted by Crippen LogP contribution is -2.24. The lowest BCUT2D eigenvalue weighted by atomic mass is 9.83. The van der Waals surface area contributed by atoms with Gasteiger partial charge in [0, 0.05) is 46.8 Å². The number of ketones is 1. The van der Waals surface area contributed by atoms with Crippen LogP contribution in [0.3, 0.4) is 0 Å². The summed E-state index contributed by atoms with van der Waals surface area (Å²) < 4.78 is 19.8. The molecule has 0 bridgehead atoms. The number of hydrogen-bond donors (Lipinski definition) is 0. The molecule has 4 aromatic rings. The van der Waals surface area contributed by atoms with Crippen LogP contribution in [0.5, 0.6) is 17.2 Å². The highest BCUT2D eigenvalue weighted by molar-refractivity contribution is 6.15. The van der Waals surface area contributed by atoms with Crippen molar-refractivity contribution in [1.29, 1.82) is 0 Å². The van der Waals surface area contributed by atoms with Crippen molar-refractivity contribution in [3.8, 4) is 17.2 Å². The third-order valence-corrected chi connectivity index (χ3v) is 7.10. The Kier molecular flexibility index (Phi) is 4.45. The van der Waals surface area contributed by atoms with Crippen molar-refractivity contribution in [3.63, 3.8) is 0 Å². The second-order valence-electron chi connectivity index (χ2n) is 9.28. The molecule has 0 spiro atoms. The van der Waals surface area contributed by atoms with Crippen LogP contribution < -0.4 is 14.2 Å². The van der Waals surface area contributed by atoms with E-state index in [9.17, 15) is 9.59 Å². The molecule has 1 atom stereocenters. The standard InChI is InChI=1S/C30H21NO5/c1-31-15-18(20-7-3-4-8-23(20)31)13-26-29(33)21-10-11-25-28(30(21)36-26)22(14-27(32)35-25)19-12-17-6-2-5-9-24(17)34-16-19/h2-13,15,22H,14,16H2,1H3/b26-13-. The molecule has 0 N–H and O–H groups in total. The number of fused-ring (bicyclic) bond motifs is 5. The van der Waals surface area contributed by atoms with Gasteiger partial charge < -0.3 is 18.8 Å². The minimum absolute atomic E-state index is 0.154. The summed E-state index contributed by atoms with van der Waals surface area (Å²) in [5.41, 5.74) is 5.07. The van der Waals surface area contributed by atoms with Gasteiger partial charge in [0.15, 0.2) is 5.76 Å². The van der Waals surface area contributed by atoms with E-state index >= 15 is 0 Å². The van der Waals surface area contributed by atoms with Crippen molar-refractivity contribution < 1.29 is 23.8 Å². The van der Waals surface area contributed by atoms with Gasteiger partial charge in [-0.05, 0) is 42.0 Å². The summed E-state index contributed by atoms with van der Waals surface area (Å²) in [7, 11) is 1.98. The number of carbonyl (C=O) groups excluding carboxylic acids is 2. The number of nitrogens with zero attached hydrogens (tertiary/aromatic N) is 1. The molecule has 7 rings (SSSR count). The van der Waals surface area contributed by atoms with Crippen LogP contribution in [0.25, 0.3) is 23.1 Å². The molecule has 6 heteroatoms. The van der Waals surface area contributed by atoms with E-state index in [0.29, 0.717) is 23.7 Å². The normalized spacial score (nSPS) is 19.2. The molecular weight excluding hydrogens is 454 g/mol. The smallest absolute Gasteiger partial charge is 0.312 e. The molecule has 0 saturated heterocycles. The quantitative estimate of drug-likeness (QED) is 0.213. The fourth-order valence-electron chi connectivity index (χ4n) is 5.39. The van der Waals surface area contributed by atoms with Gasteiger partial charge in [-0.25, -0.2) is 0 Å². The van der Waals surface area contributed by atoms with Crippen LogP contribution in [-0.2, 0) is 11.8 Å². The number of hydrogen-bond acceptors (Lipinski definition) is 5. The van der Waals surface area contributed by atoms with Crippen LogP contribution in [-0.4, -0.2) is 22.9 Å². The highest BCUT2D eigenvalue weighted by atomic mass is 16.5. The predicted molar refractivity (Wildman–Crippen MR) is 135 cm³/mol. The van der Waals surface area contributed by atoms with Gasteiger partial charge in [0.05, 0.1) is 12.0 Å². The lowest BCUT2D eigenvalue weighted by Gasteiger charge is -2.29. The summed E-state index contributed by atoms with van der Waals surface area (Å²) >= 11 is 0. The number of para-hydroxylation sites is 2. The maximum absolute atomic E-state index is 13.4. The minimum atomic E-state index is -0.317. The molecule has 3 aliphatic rings. The second-order valence-corrected chi connectivity index (χ2v) is 9.28. The zero-order valence-corrected chi connectivity index (χ0v) is 19.5.